The molecule has 20 heavy (non-hydrogen) atoms. The van der Waals surface area contributed by atoms with Gasteiger partial charge in [-0.2, -0.15) is 0 Å². The van der Waals surface area contributed by atoms with Gasteiger partial charge in [0.25, 0.3) is 0 Å². The second-order valence-corrected chi connectivity index (χ2v) is 5.25. The topological polar surface area (TPSA) is 26.3 Å². The first-order chi connectivity index (χ1) is 9.63. The van der Waals surface area contributed by atoms with E-state index in [9.17, 15) is 4.79 Å². The Morgan fingerprint density at radius 1 is 1.00 bits per heavy atom. The molecule has 0 unspecified atom stereocenters. The first-order valence-corrected chi connectivity index (χ1v) is 7.02. The van der Waals surface area contributed by atoms with Gasteiger partial charge in [0.2, 0.25) is 0 Å². The lowest BCUT2D eigenvalue weighted by molar-refractivity contribution is 0.0985. The summed E-state index contributed by atoms with van der Waals surface area (Å²) in [6, 6.07) is 16.1. The molecule has 0 amide bonds. The van der Waals surface area contributed by atoms with Crippen LogP contribution in [0.1, 0.15) is 21.3 Å². The van der Waals surface area contributed by atoms with Crippen molar-refractivity contribution < 1.29 is 9.53 Å². The fourth-order valence-corrected chi connectivity index (χ4v) is 2.38. The molecular weight excluding hydrogens is 295 g/mol. The minimum absolute atomic E-state index is 0.178. The van der Waals surface area contributed by atoms with Crippen LogP contribution in [0.5, 0.6) is 5.75 Å². The van der Waals surface area contributed by atoms with E-state index in [1.54, 1.807) is 43.5 Å². The Hall–Kier alpha value is -1.51. The molecule has 2 aromatic rings. The smallest absolute Gasteiger partial charge is 0.182 e. The summed E-state index contributed by atoms with van der Waals surface area (Å²) >= 11 is 12.5. The predicted molar refractivity (Wildman–Crippen MR) is 82.0 cm³/mol. The molecule has 0 aromatic heterocycles. The zero-order valence-corrected chi connectivity index (χ0v) is 12.4. The van der Waals surface area contributed by atoms with Gasteiger partial charge in [0.1, 0.15) is 11.1 Å². The molecule has 2 rings (SSSR count). The van der Waals surface area contributed by atoms with Crippen LogP contribution in [0.3, 0.4) is 0 Å². The average molecular weight is 309 g/mol. The first kappa shape index (κ1) is 14.9. The number of Topliss-reactive ketones (excluding diaryl/α,β-unsaturated/α-hetero) is 1. The van der Waals surface area contributed by atoms with Gasteiger partial charge in [0, 0.05) is 5.56 Å². The molecule has 0 bridgehead atoms. The van der Waals surface area contributed by atoms with Gasteiger partial charge >= 0.3 is 0 Å². The highest BCUT2D eigenvalue weighted by molar-refractivity contribution is 6.39. The molecule has 0 fully saturated rings. The van der Waals surface area contributed by atoms with E-state index in [0.29, 0.717) is 5.56 Å². The fourth-order valence-electron chi connectivity index (χ4n) is 1.85. The van der Waals surface area contributed by atoms with Crippen LogP contribution in [0.25, 0.3) is 0 Å². The number of methoxy groups -OCH3 is 1. The molecule has 0 radical (unpaired) electrons. The number of alkyl halides is 2. The second kappa shape index (κ2) is 6.78. The van der Waals surface area contributed by atoms with Crippen molar-refractivity contribution in [2.45, 2.75) is 10.8 Å². The van der Waals surface area contributed by atoms with Crippen molar-refractivity contribution in [1.29, 1.82) is 0 Å². The Bertz CT molecular complexity index is 567. The largest absolute Gasteiger partial charge is 0.497 e. The van der Waals surface area contributed by atoms with Gasteiger partial charge in [-0.15, -0.1) is 23.2 Å². The third-order valence-electron chi connectivity index (χ3n) is 3.00. The van der Waals surface area contributed by atoms with E-state index >= 15 is 0 Å². The number of benzene rings is 2. The number of carbonyl (C=O) groups is 1. The number of ether oxygens (including phenoxy) is 1. The van der Waals surface area contributed by atoms with Crippen molar-refractivity contribution in [3.8, 4) is 5.75 Å². The Labute approximate surface area is 128 Å². The lowest BCUT2D eigenvalue weighted by atomic mass is 10.0. The highest BCUT2D eigenvalue weighted by Crippen LogP contribution is 2.31. The van der Waals surface area contributed by atoms with Crippen molar-refractivity contribution in [2.75, 3.05) is 7.11 Å². The fraction of sp³-hybridized carbons (Fsp3) is 0.188. The number of hydrogen-bond donors (Lipinski definition) is 0. The van der Waals surface area contributed by atoms with Crippen LogP contribution in [0, 0.1) is 0 Å². The maximum atomic E-state index is 12.2. The minimum Gasteiger partial charge on any atom is -0.497 e. The molecule has 0 aliphatic heterocycles. The van der Waals surface area contributed by atoms with E-state index in [1.165, 1.54) is 0 Å². The summed E-state index contributed by atoms with van der Waals surface area (Å²) in [5.41, 5.74) is 1.35. The van der Waals surface area contributed by atoms with Crippen LogP contribution in [0.4, 0.5) is 0 Å². The Balaban J connectivity index is 2.15. The molecule has 0 saturated carbocycles. The lowest BCUT2D eigenvalue weighted by Gasteiger charge is -2.16. The molecule has 0 saturated heterocycles. The zero-order chi connectivity index (χ0) is 14.5. The van der Waals surface area contributed by atoms with Gasteiger partial charge in [-0.25, -0.2) is 0 Å². The molecular formula is C16H14Cl2O2. The van der Waals surface area contributed by atoms with Crippen molar-refractivity contribution >= 4 is 29.0 Å². The molecule has 0 aliphatic carbocycles. The van der Waals surface area contributed by atoms with Crippen LogP contribution in [-0.2, 0) is 0 Å². The van der Waals surface area contributed by atoms with Crippen molar-refractivity contribution in [3.63, 3.8) is 0 Å². The van der Waals surface area contributed by atoms with Crippen LogP contribution in [-0.4, -0.2) is 18.3 Å². The number of hydrogen-bond acceptors (Lipinski definition) is 2. The summed E-state index contributed by atoms with van der Waals surface area (Å²) in [5, 5.41) is -1.40. The molecule has 0 aliphatic rings. The van der Waals surface area contributed by atoms with Gasteiger partial charge in [-0.05, 0) is 17.7 Å². The number of rotatable bonds is 5. The third kappa shape index (κ3) is 3.33. The second-order valence-electron chi connectivity index (χ2n) is 4.31. The quantitative estimate of drug-likeness (QED) is 0.602. The van der Waals surface area contributed by atoms with Crippen LogP contribution < -0.4 is 4.74 Å². The van der Waals surface area contributed by atoms with E-state index in [1.807, 2.05) is 18.2 Å². The normalized spacial score (nSPS) is 13.6. The average Bonchev–Trinajstić information content (AvgIpc) is 2.53. The Morgan fingerprint density at radius 2 is 1.60 bits per heavy atom. The van der Waals surface area contributed by atoms with Gasteiger partial charge < -0.3 is 4.74 Å². The van der Waals surface area contributed by atoms with Gasteiger partial charge in [0.15, 0.2) is 5.78 Å². The van der Waals surface area contributed by atoms with E-state index in [2.05, 4.69) is 0 Å². The van der Waals surface area contributed by atoms with E-state index in [0.717, 1.165) is 11.3 Å². The van der Waals surface area contributed by atoms with Crippen molar-refractivity contribution in [1.82, 2.24) is 0 Å². The standard InChI is InChI=1S/C16H14Cl2O2/c1-20-13-9-7-11(8-10-13)14(17)15(18)16(19)12-5-3-2-4-6-12/h2-10,14-15H,1H3/t14-,15-/m1/s1. The van der Waals surface area contributed by atoms with Crippen LogP contribution >= 0.6 is 23.2 Å². The maximum absolute atomic E-state index is 12.2. The first-order valence-electron chi connectivity index (χ1n) is 6.15. The van der Waals surface area contributed by atoms with Crippen LogP contribution in [0.2, 0.25) is 0 Å². The third-order valence-corrected chi connectivity index (χ3v) is 4.08. The summed E-state index contributed by atoms with van der Waals surface area (Å²) in [4.78, 5) is 12.2. The summed E-state index contributed by atoms with van der Waals surface area (Å²) < 4.78 is 5.08. The summed E-state index contributed by atoms with van der Waals surface area (Å²) in [5.74, 6) is 0.557. The maximum Gasteiger partial charge on any atom is 0.182 e. The molecule has 0 heterocycles. The van der Waals surface area contributed by atoms with Crippen molar-refractivity contribution in [2.24, 2.45) is 0 Å². The van der Waals surface area contributed by atoms with Crippen LogP contribution in [0.15, 0.2) is 54.6 Å². The van der Waals surface area contributed by atoms with Crippen molar-refractivity contribution in [3.05, 3.63) is 65.7 Å². The zero-order valence-electron chi connectivity index (χ0n) is 10.9. The summed E-state index contributed by atoms with van der Waals surface area (Å²) in [7, 11) is 1.59. The van der Waals surface area contributed by atoms with Gasteiger partial charge in [-0.1, -0.05) is 42.5 Å². The molecule has 2 atom stereocenters. The molecule has 2 aromatic carbocycles. The minimum atomic E-state index is -0.813. The highest BCUT2D eigenvalue weighted by Gasteiger charge is 2.26. The monoisotopic (exact) mass is 308 g/mol. The number of halogens is 2. The molecule has 0 N–H and O–H groups in total. The molecule has 2 nitrogen and oxygen atoms in total. The lowest BCUT2D eigenvalue weighted by Crippen LogP contribution is -2.19. The van der Waals surface area contributed by atoms with E-state index in [-0.39, 0.29) is 5.78 Å². The molecule has 0 spiro atoms. The Morgan fingerprint density at radius 3 is 2.15 bits per heavy atom. The SMILES string of the molecule is COc1ccc([C@@H](Cl)[C@@H](Cl)C(=O)c2ccccc2)cc1. The van der Waals surface area contributed by atoms with Gasteiger partial charge in [-0.3, -0.25) is 4.79 Å². The Kier molecular flexibility index (Phi) is 5.05. The summed E-state index contributed by atoms with van der Waals surface area (Å²) in [6.45, 7) is 0. The number of ketones is 1. The van der Waals surface area contributed by atoms with E-state index in [4.69, 9.17) is 27.9 Å². The summed E-state index contributed by atoms with van der Waals surface area (Å²) in [6.07, 6.45) is 0. The number of carbonyl (C=O) groups excluding carboxylic acids is 1. The highest BCUT2D eigenvalue weighted by atomic mass is 35.5. The molecule has 4 heteroatoms. The predicted octanol–water partition coefficient (Wildman–Crippen LogP) is 4.47. The van der Waals surface area contributed by atoms with E-state index < -0.39 is 10.8 Å². The van der Waals surface area contributed by atoms with Gasteiger partial charge in [0.05, 0.1) is 12.5 Å². The molecule has 104 valence electrons.